The van der Waals surface area contributed by atoms with Crippen LogP contribution in [0.1, 0.15) is 49.0 Å². The van der Waals surface area contributed by atoms with Gasteiger partial charge < -0.3 is 0 Å². The van der Waals surface area contributed by atoms with Crippen molar-refractivity contribution >= 4 is 5.78 Å². The van der Waals surface area contributed by atoms with Gasteiger partial charge in [0, 0.05) is 12.0 Å². The van der Waals surface area contributed by atoms with Crippen LogP contribution >= 0.6 is 0 Å². The van der Waals surface area contributed by atoms with Gasteiger partial charge in [0.15, 0.2) is 29.1 Å². The smallest absolute Gasteiger partial charge is 0.173 e. The lowest BCUT2D eigenvalue weighted by molar-refractivity contribution is 0.0963. The Bertz CT molecular complexity index is 468. The summed E-state index contributed by atoms with van der Waals surface area (Å²) >= 11 is 0. The molecular formula is C14H16F4O. The largest absolute Gasteiger partial charge is 0.294 e. The fourth-order valence-corrected chi connectivity index (χ4v) is 1.69. The van der Waals surface area contributed by atoms with E-state index >= 15 is 0 Å². The lowest BCUT2D eigenvalue weighted by Crippen LogP contribution is -2.13. The number of carbonyl (C=O) groups excluding carboxylic acids is 1. The quantitative estimate of drug-likeness (QED) is 0.437. The van der Waals surface area contributed by atoms with Crippen LogP contribution in [0.15, 0.2) is 0 Å². The predicted octanol–water partition coefficient (Wildman–Crippen LogP) is 4.56. The van der Waals surface area contributed by atoms with E-state index in [1.807, 2.05) is 13.8 Å². The number of rotatable bonds is 5. The minimum absolute atomic E-state index is 0.134. The normalized spacial score (nSPS) is 12.6. The summed E-state index contributed by atoms with van der Waals surface area (Å²) in [4.78, 5) is 11.7. The second kappa shape index (κ2) is 6.17. The molecule has 0 aliphatic carbocycles. The summed E-state index contributed by atoms with van der Waals surface area (Å²) < 4.78 is 53.8. The average Bonchev–Trinajstić information content (AvgIpc) is 2.40. The van der Waals surface area contributed by atoms with Crippen LogP contribution in [-0.2, 0) is 0 Å². The monoisotopic (exact) mass is 276 g/mol. The maximum absolute atomic E-state index is 13.6. The van der Waals surface area contributed by atoms with Gasteiger partial charge in [-0.25, -0.2) is 17.6 Å². The van der Waals surface area contributed by atoms with Gasteiger partial charge in [-0.15, -0.1) is 0 Å². The maximum Gasteiger partial charge on any atom is 0.173 e. The molecule has 1 aromatic carbocycles. The van der Waals surface area contributed by atoms with Gasteiger partial charge in [0.1, 0.15) is 0 Å². The van der Waals surface area contributed by atoms with E-state index in [1.54, 1.807) is 0 Å². The first-order chi connectivity index (χ1) is 8.81. The molecule has 0 saturated heterocycles. The maximum atomic E-state index is 13.6. The second-order valence-electron chi connectivity index (χ2n) is 4.73. The molecule has 0 amide bonds. The van der Waals surface area contributed by atoms with Crippen molar-refractivity contribution in [2.24, 2.45) is 5.92 Å². The molecule has 1 aromatic rings. The summed E-state index contributed by atoms with van der Waals surface area (Å²) in [5.74, 6) is -6.93. The van der Waals surface area contributed by atoms with E-state index in [0.717, 1.165) is 13.3 Å². The van der Waals surface area contributed by atoms with Crippen molar-refractivity contribution < 1.29 is 22.4 Å². The van der Waals surface area contributed by atoms with E-state index < -0.39 is 40.2 Å². The molecule has 1 nitrogen and oxygen atoms in total. The lowest BCUT2D eigenvalue weighted by Gasteiger charge is -2.10. The van der Waals surface area contributed by atoms with Crippen LogP contribution in [0.4, 0.5) is 17.6 Å². The predicted molar refractivity (Wildman–Crippen MR) is 64.0 cm³/mol. The van der Waals surface area contributed by atoms with Crippen molar-refractivity contribution in [2.45, 2.75) is 40.0 Å². The zero-order chi connectivity index (χ0) is 14.7. The number of hydrogen-bond acceptors (Lipinski definition) is 1. The summed E-state index contributed by atoms with van der Waals surface area (Å²) in [5.41, 5.74) is -1.86. The number of Topliss-reactive ketones (excluding diaryl/α,β-unsaturated/α-hetero) is 1. The molecule has 0 aromatic heterocycles. The van der Waals surface area contributed by atoms with Crippen molar-refractivity contribution in [3.8, 4) is 0 Å². The van der Waals surface area contributed by atoms with E-state index in [9.17, 15) is 22.4 Å². The molecule has 1 unspecified atom stereocenters. The fourth-order valence-electron chi connectivity index (χ4n) is 1.69. The van der Waals surface area contributed by atoms with Crippen molar-refractivity contribution in [3.05, 3.63) is 34.4 Å². The van der Waals surface area contributed by atoms with Gasteiger partial charge >= 0.3 is 0 Å². The highest BCUT2D eigenvalue weighted by atomic mass is 19.2. The topological polar surface area (TPSA) is 17.1 Å². The van der Waals surface area contributed by atoms with E-state index in [4.69, 9.17) is 0 Å². The zero-order valence-electron chi connectivity index (χ0n) is 11.1. The van der Waals surface area contributed by atoms with E-state index in [-0.39, 0.29) is 12.3 Å². The van der Waals surface area contributed by atoms with Crippen LogP contribution in [-0.4, -0.2) is 5.78 Å². The SMILES string of the molecule is CCC(C)CCC(=O)c1c(F)c(F)c(C)c(F)c1F. The summed E-state index contributed by atoms with van der Waals surface area (Å²) in [5, 5.41) is 0. The molecule has 0 aliphatic heterocycles. The molecule has 19 heavy (non-hydrogen) atoms. The lowest BCUT2D eigenvalue weighted by atomic mass is 9.97. The first-order valence-electron chi connectivity index (χ1n) is 6.16. The van der Waals surface area contributed by atoms with E-state index in [0.29, 0.717) is 6.42 Å². The Balaban J connectivity index is 3.10. The van der Waals surface area contributed by atoms with Gasteiger partial charge in [-0.05, 0) is 19.3 Å². The van der Waals surface area contributed by atoms with Crippen LogP contribution < -0.4 is 0 Å². The number of carbonyl (C=O) groups is 1. The molecule has 5 heteroatoms. The van der Waals surface area contributed by atoms with Crippen molar-refractivity contribution in [3.63, 3.8) is 0 Å². The van der Waals surface area contributed by atoms with Gasteiger partial charge in [-0.1, -0.05) is 20.3 Å². The Morgan fingerprint density at radius 1 is 1.05 bits per heavy atom. The summed E-state index contributed by atoms with van der Waals surface area (Å²) in [6.45, 7) is 4.72. The zero-order valence-corrected chi connectivity index (χ0v) is 11.1. The minimum atomic E-state index is -1.61. The highest BCUT2D eigenvalue weighted by Crippen LogP contribution is 2.25. The summed E-state index contributed by atoms with van der Waals surface area (Å²) in [6, 6.07) is 0. The van der Waals surface area contributed by atoms with Crippen LogP contribution in [0.25, 0.3) is 0 Å². The molecule has 106 valence electrons. The fraction of sp³-hybridized carbons (Fsp3) is 0.500. The number of ketones is 1. The summed E-state index contributed by atoms with van der Waals surface area (Å²) in [6.07, 6.45) is 1.10. The second-order valence-corrected chi connectivity index (χ2v) is 4.73. The highest BCUT2D eigenvalue weighted by molar-refractivity contribution is 5.96. The van der Waals surface area contributed by atoms with Gasteiger partial charge in [0.25, 0.3) is 0 Å². The third kappa shape index (κ3) is 3.14. The van der Waals surface area contributed by atoms with Crippen LogP contribution in [0.2, 0.25) is 0 Å². The molecular weight excluding hydrogens is 260 g/mol. The Morgan fingerprint density at radius 3 is 1.95 bits per heavy atom. The van der Waals surface area contributed by atoms with Gasteiger partial charge in [0.05, 0.1) is 5.56 Å². The molecule has 0 radical (unpaired) electrons. The molecule has 0 fully saturated rings. The summed E-state index contributed by atoms with van der Waals surface area (Å²) in [7, 11) is 0. The molecule has 1 rings (SSSR count). The van der Waals surface area contributed by atoms with Crippen molar-refractivity contribution in [1.82, 2.24) is 0 Å². The molecule has 0 N–H and O–H groups in total. The van der Waals surface area contributed by atoms with Crippen LogP contribution in [0.5, 0.6) is 0 Å². The van der Waals surface area contributed by atoms with Gasteiger partial charge in [-0.2, -0.15) is 0 Å². The number of hydrogen-bond donors (Lipinski definition) is 0. The van der Waals surface area contributed by atoms with Crippen LogP contribution in [0, 0.1) is 36.1 Å². The van der Waals surface area contributed by atoms with E-state index in [1.165, 1.54) is 0 Å². The molecule has 1 atom stereocenters. The Labute approximate surface area is 109 Å². The average molecular weight is 276 g/mol. The Kier molecular flexibility index (Phi) is 5.09. The Hall–Kier alpha value is -1.39. The van der Waals surface area contributed by atoms with Crippen LogP contribution in [0.3, 0.4) is 0 Å². The third-order valence-corrected chi connectivity index (χ3v) is 3.32. The number of benzene rings is 1. The minimum Gasteiger partial charge on any atom is -0.294 e. The molecule has 0 heterocycles. The number of halogens is 4. The molecule has 0 spiro atoms. The standard InChI is InChI=1S/C14H16F4O/c1-4-7(2)5-6-9(19)10-13(17)11(15)8(3)12(16)14(10)18/h7H,4-6H2,1-3H3. The van der Waals surface area contributed by atoms with Gasteiger partial charge in [0.2, 0.25) is 0 Å². The van der Waals surface area contributed by atoms with Crippen molar-refractivity contribution in [2.75, 3.05) is 0 Å². The van der Waals surface area contributed by atoms with Crippen molar-refractivity contribution in [1.29, 1.82) is 0 Å². The third-order valence-electron chi connectivity index (χ3n) is 3.32. The molecule has 0 saturated carbocycles. The Morgan fingerprint density at radius 2 is 1.53 bits per heavy atom. The van der Waals surface area contributed by atoms with Gasteiger partial charge in [-0.3, -0.25) is 4.79 Å². The first kappa shape index (κ1) is 15.7. The molecule has 0 aliphatic rings. The first-order valence-corrected chi connectivity index (χ1v) is 6.16. The van der Waals surface area contributed by atoms with E-state index in [2.05, 4.69) is 0 Å². The molecule has 0 bridgehead atoms. The highest BCUT2D eigenvalue weighted by Gasteiger charge is 2.27.